The van der Waals surface area contributed by atoms with Crippen LogP contribution in [0, 0.1) is 5.82 Å². The van der Waals surface area contributed by atoms with E-state index in [2.05, 4.69) is 16.0 Å². The van der Waals surface area contributed by atoms with E-state index in [0.717, 1.165) is 0 Å². The molecule has 3 aromatic rings. The van der Waals surface area contributed by atoms with Crippen molar-refractivity contribution in [1.82, 2.24) is 10.6 Å². The van der Waals surface area contributed by atoms with Crippen LogP contribution in [0.4, 0.5) is 14.9 Å². The molecule has 2 aromatic carbocycles. The number of nitrogens with one attached hydrogen (secondary N) is 3. The average Bonchev–Trinajstić information content (AvgIpc) is 3.24. The molecule has 4 rings (SSSR count). The molecule has 2 heterocycles. The highest BCUT2D eigenvalue weighted by atomic mass is 19.1. The lowest BCUT2D eigenvalue weighted by molar-refractivity contribution is -0.113. The van der Waals surface area contributed by atoms with E-state index >= 15 is 0 Å². The second-order valence-electron chi connectivity index (χ2n) is 6.96. The van der Waals surface area contributed by atoms with Crippen LogP contribution in [0.3, 0.4) is 0 Å². The molecule has 0 bridgehead atoms. The molecule has 3 amide bonds. The molecule has 1 aliphatic heterocycles. The Morgan fingerprint density at radius 1 is 1.06 bits per heavy atom. The molecule has 0 fully saturated rings. The third-order valence-corrected chi connectivity index (χ3v) is 4.90. The average molecular weight is 421 g/mol. The van der Waals surface area contributed by atoms with E-state index in [0.29, 0.717) is 39.8 Å². The lowest BCUT2D eigenvalue weighted by Gasteiger charge is -2.27. The van der Waals surface area contributed by atoms with Crippen LogP contribution in [0.25, 0.3) is 11.3 Å². The minimum absolute atomic E-state index is 0.315. The van der Waals surface area contributed by atoms with Gasteiger partial charge in [0.05, 0.1) is 12.7 Å². The van der Waals surface area contributed by atoms with E-state index in [9.17, 15) is 14.0 Å². The first-order valence-electron chi connectivity index (χ1n) is 9.54. The van der Waals surface area contributed by atoms with Crippen LogP contribution in [-0.2, 0) is 4.79 Å². The Labute approximate surface area is 177 Å². The van der Waals surface area contributed by atoms with Gasteiger partial charge in [-0.15, -0.1) is 0 Å². The lowest BCUT2D eigenvalue weighted by Crippen LogP contribution is -2.45. The summed E-state index contributed by atoms with van der Waals surface area (Å²) in [5.74, 6) is 0.808. The Bertz CT molecular complexity index is 1150. The van der Waals surface area contributed by atoms with Crippen molar-refractivity contribution in [1.29, 1.82) is 0 Å². The van der Waals surface area contributed by atoms with Crippen LogP contribution in [0.2, 0.25) is 0 Å². The summed E-state index contributed by atoms with van der Waals surface area (Å²) in [5.41, 5.74) is 1.99. The van der Waals surface area contributed by atoms with E-state index in [1.807, 2.05) is 0 Å². The van der Waals surface area contributed by atoms with Gasteiger partial charge < -0.3 is 25.1 Å². The van der Waals surface area contributed by atoms with Gasteiger partial charge in [-0.3, -0.25) is 4.79 Å². The molecule has 0 unspecified atom stereocenters. The second kappa shape index (κ2) is 8.35. The number of carbonyl (C=O) groups is 2. The Balaban J connectivity index is 1.62. The molecule has 31 heavy (non-hydrogen) atoms. The summed E-state index contributed by atoms with van der Waals surface area (Å²) in [5, 5.41) is 8.18. The number of amides is 3. The molecule has 0 saturated carbocycles. The van der Waals surface area contributed by atoms with Crippen molar-refractivity contribution in [2.45, 2.75) is 13.0 Å². The van der Waals surface area contributed by atoms with Crippen LogP contribution < -0.4 is 20.7 Å². The van der Waals surface area contributed by atoms with Crippen LogP contribution in [-0.4, -0.2) is 19.0 Å². The molecule has 1 atom stereocenters. The molecular weight excluding hydrogens is 401 g/mol. The maximum atomic E-state index is 13.2. The van der Waals surface area contributed by atoms with E-state index in [1.54, 1.807) is 62.6 Å². The summed E-state index contributed by atoms with van der Waals surface area (Å²) in [7, 11) is 1.56. The molecule has 1 aromatic heterocycles. The van der Waals surface area contributed by atoms with Gasteiger partial charge in [-0.05, 0) is 67.6 Å². The molecule has 3 N–H and O–H groups in total. The number of rotatable bonds is 5. The molecule has 0 saturated heterocycles. The van der Waals surface area contributed by atoms with Crippen molar-refractivity contribution in [3.8, 4) is 17.1 Å². The molecular formula is C23H20FN3O4. The van der Waals surface area contributed by atoms with Crippen molar-refractivity contribution in [3.05, 3.63) is 83.5 Å². The number of furan rings is 1. The van der Waals surface area contributed by atoms with Crippen LogP contribution in [0.1, 0.15) is 18.7 Å². The van der Waals surface area contributed by atoms with Gasteiger partial charge in [-0.2, -0.15) is 0 Å². The van der Waals surface area contributed by atoms with E-state index in [4.69, 9.17) is 9.15 Å². The highest BCUT2D eigenvalue weighted by molar-refractivity contribution is 6.06. The Morgan fingerprint density at radius 3 is 2.45 bits per heavy atom. The van der Waals surface area contributed by atoms with E-state index in [1.165, 1.54) is 12.1 Å². The number of methoxy groups -OCH3 is 1. The van der Waals surface area contributed by atoms with Gasteiger partial charge in [-0.25, -0.2) is 9.18 Å². The number of ether oxygens (including phenoxy) is 1. The van der Waals surface area contributed by atoms with Gasteiger partial charge in [-0.1, -0.05) is 0 Å². The van der Waals surface area contributed by atoms with Gasteiger partial charge in [0, 0.05) is 16.9 Å². The Kier molecular flexibility index (Phi) is 5.44. The summed E-state index contributed by atoms with van der Waals surface area (Å²) in [6.07, 6.45) is 0. The normalized spacial score (nSPS) is 15.8. The third kappa shape index (κ3) is 4.28. The number of benzene rings is 2. The Morgan fingerprint density at radius 2 is 1.77 bits per heavy atom. The standard InChI is InChI=1S/C23H20FN3O4/c1-13-20(22(28)26-16-7-9-17(30-2)10-8-16)21(27-23(29)25-13)19-12-11-18(31-19)14-3-5-15(24)6-4-14/h3-12,21H,1-2H3,(H,26,28)(H2,25,27,29)/t21-/m1/s1. The van der Waals surface area contributed by atoms with Crippen LogP contribution in [0.15, 0.2) is 76.4 Å². The predicted molar refractivity (Wildman–Crippen MR) is 113 cm³/mol. The topological polar surface area (TPSA) is 92.6 Å². The van der Waals surface area contributed by atoms with Crippen LogP contribution in [0.5, 0.6) is 5.75 Å². The maximum absolute atomic E-state index is 13.2. The predicted octanol–water partition coefficient (Wildman–Crippen LogP) is 4.36. The fraction of sp³-hybridized carbons (Fsp3) is 0.130. The van der Waals surface area contributed by atoms with Gasteiger partial charge in [0.25, 0.3) is 5.91 Å². The number of hydrogen-bond acceptors (Lipinski definition) is 4. The number of carbonyl (C=O) groups excluding carboxylic acids is 2. The maximum Gasteiger partial charge on any atom is 0.319 e. The fourth-order valence-electron chi connectivity index (χ4n) is 3.36. The van der Waals surface area contributed by atoms with Crippen molar-refractivity contribution < 1.29 is 23.1 Å². The first-order chi connectivity index (χ1) is 14.9. The molecule has 7 nitrogen and oxygen atoms in total. The molecule has 158 valence electrons. The number of urea groups is 1. The summed E-state index contributed by atoms with van der Waals surface area (Å²) < 4.78 is 24.2. The minimum atomic E-state index is -0.791. The molecule has 0 spiro atoms. The molecule has 0 radical (unpaired) electrons. The highest BCUT2D eigenvalue weighted by Crippen LogP contribution is 2.32. The van der Waals surface area contributed by atoms with E-state index < -0.39 is 12.1 Å². The van der Waals surface area contributed by atoms with Gasteiger partial charge in [0.2, 0.25) is 0 Å². The summed E-state index contributed by atoms with van der Waals surface area (Å²) >= 11 is 0. The SMILES string of the molecule is COc1ccc(NC(=O)C2=C(C)NC(=O)N[C@@H]2c2ccc(-c3ccc(F)cc3)o2)cc1. The van der Waals surface area contributed by atoms with Crippen molar-refractivity contribution in [3.63, 3.8) is 0 Å². The Hall–Kier alpha value is -4.07. The largest absolute Gasteiger partial charge is 0.497 e. The number of hydrogen-bond donors (Lipinski definition) is 3. The van der Waals surface area contributed by atoms with E-state index in [-0.39, 0.29) is 11.7 Å². The summed E-state index contributed by atoms with van der Waals surface area (Å²) in [6, 6.07) is 14.9. The van der Waals surface area contributed by atoms with Crippen molar-refractivity contribution in [2.75, 3.05) is 12.4 Å². The molecule has 8 heteroatoms. The summed E-state index contributed by atoms with van der Waals surface area (Å²) in [6.45, 7) is 1.65. The zero-order valence-electron chi connectivity index (χ0n) is 16.9. The first kappa shape index (κ1) is 20.2. The lowest BCUT2D eigenvalue weighted by atomic mass is 9.99. The first-order valence-corrected chi connectivity index (χ1v) is 9.54. The summed E-state index contributed by atoms with van der Waals surface area (Å²) in [4.78, 5) is 25.1. The van der Waals surface area contributed by atoms with Gasteiger partial charge in [0.1, 0.15) is 29.1 Å². The van der Waals surface area contributed by atoms with Crippen molar-refractivity contribution in [2.24, 2.45) is 0 Å². The number of anilines is 1. The molecule has 0 aliphatic carbocycles. The smallest absolute Gasteiger partial charge is 0.319 e. The zero-order valence-corrected chi connectivity index (χ0v) is 16.9. The number of halogens is 1. The fourth-order valence-corrected chi connectivity index (χ4v) is 3.36. The highest BCUT2D eigenvalue weighted by Gasteiger charge is 2.33. The van der Waals surface area contributed by atoms with Gasteiger partial charge in [0.15, 0.2) is 0 Å². The monoisotopic (exact) mass is 421 g/mol. The van der Waals surface area contributed by atoms with Crippen LogP contribution >= 0.6 is 0 Å². The number of allylic oxidation sites excluding steroid dienone is 1. The molecule has 1 aliphatic rings. The second-order valence-corrected chi connectivity index (χ2v) is 6.96. The minimum Gasteiger partial charge on any atom is -0.497 e. The third-order valence-electron chi connectivity index (χ3n) is 4.90. The van der Waals surface area contributed by atoms with Crippen molar-refractivity contribution >= 4 is 17.6 Å². The zero-order chi connectivity index (χ0) is 22.0. The quantitative estimate of drug-likeness (QED) is 0.571. The van der Waals surface area contributed by atoms with Gasteiger partial charge >= 0.3 is 6.03 Å².